The van der Waals surface area contributed by atoms with Gasteiger partial charge in [0, 0.05) is 38.6 Å². The van der Waals surface area contributed by atoms with Crippen molar-refractivity contribution in [1.82, 2.24) is 15.1 Å². The number of amides is 1. The van der Waals surface area contributed by atoms with Gasteiger partial charge in [0.1, 0.15) is 6.61 Å². The van der Waals surface area contributed by atoms with Crippen LogP contribution in [0.25, 0.3) is 0 Å². The lowest BCUT2D eigenvalue weighted by Crippen LogP contribution is -2.37. The fourth-order valence-corrected chi connectivity index (χ4v) is 3.63. The lowest BCUT2D eigenvalue weighted by molar-refractivity contribution is -0.120. The zero-order chi connectivity index (χ0) is 18.4. The van der Waals surface area contributed by atoms with Crippen LogP contribution in [0.2, 0.25) is 0 Å². The smallest absolute Gasteiger partial charge is 0.221 e. The lowest BCUT2D eigenvalue weighted by atomic mass is 10.1. The van der Waals surface area contributed by atoms with Crippen molar-refractivity contribution < 1.29 is 14.3 Å². The van der Waals surface area contributed by atoms with E-state index in [1.54, 1.807) is 7.11 Å². The molecule has 1 aromatic rings. The molecule has 26 heavy (non-hydrogen) atoms. The van der Waals surface area contributed by atoms with Crippen molar-refractivity contribution in [1.29, 1.82) is 0 Å². The molecule has 2 aliphatic rings. The van der Waals surface area contributed by atoms with E-state index in [4.69, 9.17) is 9.47 Å². The van der Waals surface area contributed by atoms with Gasteiger partial charge in [0.2, 0.25) is 5.91 Å². The summed E-state index contributed by atoms with van der Waals surface area (Å²) in [5.41, 5.74) is 1.18. The number of methoxy groups -OCH3 is 1. The first-order chi connectivity index (χ1) is 12.7. The zero-order valence-electron chi connectivity index (χ0n) is 16.0. The molecule has 0 spiro atoms. The Kier molecular flexibility index (Phi) is 6.74. The Balaban J connectivity index is 1.57. The van der Waals surface area contributed by atoms with Crippen LogP contribution in [-0.4, -0.2) is 68.2 Å². The molecular formula is C20H31N3O3. The molecule has 6 nitrogen and oxygen atoms in total. The summed E-state index contributed by atoms with van der Waals surface area (Å²) in [7, 11) is 1.68. The third-order valence-electron chi connectivity index (χ3n) is 5.32. The van der Waals surface area contributed by atoms with Crippen LogP contribution in [0, 0.1) is 0 Å². The van der Waals surface area contributed by atoms with Gasteiger partial charge in [0.05, 0.1) is 7.11 Å². The number of ether oxygens (including phenoxy) is 2. The first-order valence-corrected chi connectivity index (χ1v) is 9.68. The maximum absolute atomic E-state index is 11.6. The summed E-state index contributed by atoms with van der Waals surface area (Å²) >= 11 is 0. The Morgan fingerprint density at radius 1 is 1.19 bits per heavy atom. The lowest BCUT2D eigenvalue weighted by Gasteiger charge is -2.26. The first-order valence-electron chi connectivity index (χ1n) is 9.68. The number of likely N-dealkylation sites (tertiary alicyclic amines) is 1. The van der Waals surface area contributed by atoms with Crippen molar-refractivity contribution >= 4 is 5.91 Å². The van der Waals surface area contributed by atoms with E-state index in [0.29, 0.717) is 25.6 Å². The molecule has 0 radical (unpaired) electrons. The van der Waals surface area contributed by atoms with Gasteiger partial charge in [-0.25, -0.2) is 0 Å². The van der Waals surface area contributed by atoms with Crippen LogP contribution in [0.15, 0.2) is 18.2 Å². The number of hydrogen-bond acceptors (Lipinski definition) is 5. The average Bonchev–Trinajstić information content (AvgIpc) is 3.11. The van der Waals surface area contributed by atoms with E-state index in [-0.39, 0.29) is 5.91 Å². The summed E-state index contributed by atoms with van der Waals surface area (Å²) < 4.78 is 11.5. The molecule has 2 aliphatic heterocycles. The predicted molar refractivity (Wildman–Crippen MR) is 102 cm³/mol. The molecule has 1 aromatic carbocycles. The van der Waals surface area contributed by atoms with Crippen LogP contribution in [0.4, 0.5) is 0 Å². The monoisotopic (exact) mass is 361 g/mol. The molecule has 0 bridgehead atoms. The normalized spacial score (nSPS) is 22.1. The third-order valence-corrected chi connectivity index (χ3v) is 5.32. The van der Waals surface area contributed by atoms with Crippen molar-refractivity contribution in [3.8, 4) is 11.5 Å². The van der Waals surface area contributed by atoms with E-state index in [0.717, 1.165) is 31.1 Å². The predicted octanol–water partition coefficient (Wildman–Crippen LogP) is 1.88. The van der Waals surface area contributed by atoms with Gasteiger partial charge in [0.15, 0.2) is 11.5 Å². The minimum atomic E-state index is 0.138. The molecule has 1 unspecified atom stereocenters. The Morgan fingerprint density at radius 2 is 2.00 bits per heavy atom. The second-order valence-corrected chi connectivity index (χ2v) is 7.26. The average molecular weight is 361 g/mol. The second kappa shape index (κ2) is 9.24. The largest absolute Gasteiger partial charge is 0.493 e. The molecule has 1 N–H and O–H groups in total. The summed E-state index contributed by atoms with van der Waals surface area (Å²) in [4.78, 5) is 16.4. The number of nitrogens with one attached hydrogen (secondary N) is 1. The number of nitrogens with zero attached hydrogens (tertiary/aromatic N) is 2. The van der Waals surface area contributed by atoms with Crippen LogP contribution >= 0.6 is 0 Å². The molecule has 3 rings (SSSR count). The molecule has 6 heteroatoms. The van der Waals surface area contributed by atoms with Crippen molar-refractivity contribution in [2.45, 2.75) is 38.8 Å². The van der Waals surface area contributed by atoms with Crippen molar-refractivity contribution in [3.05, 3.63) is 23.8 Å². The van der Waals surface area contributed by atoms with Crippen LogP contribution in [0.5, 0.6) is 11.5 Å². The second-order valence-electron chi connectivity index (χ2n) is 7.26. The van der Waals surface area contributed by atoms with Gasteiger partial charge in [-0.15, -0.1) is 0 Å². The number of hydrogen-bond donors (Lipinski definition) is 1. The number of carbonyl (C=O) groups excluding carboxylic acids is 1. The maximum Gasteiger partial charge on any atom is 0.221 e. The van der Waals surface area contributed by atoms with E-state index in [1.165, 1.54) is 31.5 Å². The Morgan fingerprint density at radius 3 is 2.77 bits per heavy atom. The summed E-state index contributed by atoms with van der Waals surface area (Å²) in [5, 5.41) is 2.96. The SMILES string of the molecule is COc1cc(CN2CCC(=O)NCC2C)ccc1OCCN1CCCC1. The molecule has 0 aliphatic carbocycles. The van der Waals surface area contributed by atoms with Crippen molar-refractivity contribution in [2.24, 2.45) is 0 Å². The van der Waals surface area contributed by atoms with E-state index in [1.807, 2.05) is 6.07 Å². The number of rotatable bonds is 7. The molecule has 1 amide bonds. The summed E-state index contributed by atoms with van der Waals surface area (Å²) in [6, 6.07) is 6.48. The van der Waals surface area contributed by atoms with Crippen LogP contribution in [-0.2, 0) is 11.3 Å². The Labute approximate surface area is 156 Å². The fraction of sp³-hybridized carbons (Fsp3) is 0.650. The highest BCUT2D eigenvalue weighted by molar-refractivity contribution is 5.76. The molecule has 2 heterocycles. The van der Waals surface area contributed by atoms with E-state index in [9.17, 15) is 4.79 Å². The minimum Gasteiger partial charge on any atom is -0.493 e. The number of benzene rings is 1. The molecule has 2 saturated heterocycles. The van der Waals surface area contributed by atoms with Gasteiger partial charge in [-0.3, -0.25) is 14.6 Å². The highest BCUT2D eigenvalue weighted by Crippen LogP contribution is 2.29. The molecule has 144 valence electrons. The van der Waals surface area contributed by atoms with Crippen LogP contribution in [0.1, 0.15) is 31.7 Å². The number of carbonyl (C=O) groups is 1. The Bertz CT molecular complexity index is 602. The van der Waals surface area contributed by atoms with Crippen LogP contribution < -0.4 is 14.8 Å². The summed E-state index contributed by atoms with van der Waals surface area (Å²) in [6.45, 7) is 8.47. The van der Waals surface area contributed by atoms with Gasteiger partial charge >= 0.3 is 0 Å². The summed E-state index contributed by atoms with van der Waals surface area (Å²) in [5.74, 6) is 1.72. The first kappa shape index (κ1) is 19.0. The third kappa shape index (κ3) is 5.11. The molecule has 2 fully saturated rings. The molecule has 0 saturated carbocycles. The molecule has 1 atom stereocenters. The van der Waals surface area contributed by atoms with Gasteiger partial charge in [-0.05, 0) is 50.6 Å². The van der Waals surface area contributed by atoms with E-state index >= 15 is 0 Å². The Hall–Kier alpha value is -1.79. The highest BCUT2D eigenvalue weighted by atomic mass is 16.5. The van der Waals surface area contributed by atoms with Crippen molar-refractivity contribution in [2.75, 3.05) is 46.4 Å². The van der Waals surface area contributed by atoms with E-state index < -0.39 is 0 Å². The summed E-state index contributed by atoms with van der Waals surface area (Å²) in [6.07, 6.45) is 3.15. The fourth-order valence-electron chi connectivity index (χ4n) is 3.63. The van der Waals surface area contributed by atoms with Gasteiger partial charge in [0.25, 0.3) is 0 Å². The standard InChI is InChI=1S/C20H31N3O3/c1-16-14-21-20(24)7-10-23(16)15-17-5-6-18(19(13-17)25-2)26-12-11-22-8-3-4-9-22/h5-6,13,16H,3-4,7-12,14-15H2,1-2H3,(H,21,24). The minimum absolute atomic E-state index is 0.138. The highest BCUT2D eigenvalue weighted by Gasteiger charge is 2.20. The maximum atomic E-state index is 11.6. The van der Waals surface area contributed by atoms with E-state index in [2.05, 4.69) is 34.2 Å². The van der Waals surface area contributed by atoms with Gasteiger partial charge in [-0.2, -0.15) is 0 Å². The topological polar surface area (TPSA) is 54.0 Å². The van der Waals surface area contributed by atoms with Crippen molar-refractivity contribution in [3.63, 3.8) is 0 Å². The van der Waals surface area contributed by atoms with Gasteiger partial charge < -0.3 is 14.8 Å². The molecule has 0 aromatic heterocycles. The quantitative estimate of drug-likeness (QED) is 0.804. The van der Waals surface area contributed by atoms with Gasteiger partial charge in [-0.1, -0.05) is 6.07 Å². The zero-order valence-corrected chi connectivity index (χ0v) is 16.0. The van der Waals surface area contributed by atoms with Crippen LogP contribution in [0.3, 0.4) is 0 Å². The molecular weight excluding hydrogens is 330 g/mol.